The fraction of sp³-hybridized carbons (Fsp3) is 0.240. The van der Waals surface area contributed by atoms with Crippen molar-refractivity contribution in [2.24, 2.45) is 0 Å². The highest BCUT2D eigenvalue weighted by molar-refractivity contribution is 7.90. The first kappa shape index (κ1) is 22.9. The third kappa shape index (κ3) is 3.61. The average Bonchev–Trinajstić information content (AvgIpc) is 3.34. The number of aromatic nitrogens is 3. The molecule has 0 radical (unpaired) electrons. The highest BCUT2D eigenvalue weighted by Gasteiger charge is 2.25. The normalized spacial score (nSPS) is 12.9. The van der Waals surface area contributed by atoms with Crippen LogP contribution in [0.1, 0.15) is 30.0 Å². The summed E-state index contributed by atoms with van der Waals surface area (Å²) < 4.78 is 42.9. The van der Waals surface area contributed by atoms with E-state index in [1.165, 1.54) is 16.8 Å². The molecule has 5 rings (SSSR count). The van der Waals surface area contributed by atoms with Crippen molar-refractivity contribution >= 4 is 31.8 Å². The summed E-state index contributed by atoms with van der Waals surface area (Å²) in [7, 11) is -1.96. The van der Waals surface area contributed by atoms with Crippen LogP contribution in [0.3, 0.4) is 0 Å². The fourth-order valence-electron chi connectivity index (χ4n) is 4.63. The summed E-state index contributed by atoms with van der Waals surface area (Å²) in [6.45, 7) is 5.44. The van der Waals surface area contributed by atoms with Gasteiger partial charge >= 0.3 is 5.76 Å². The second-order valence-electron chi connectivity index (χ2n) is 8.46. The Morgan fingerprint density at radius 2 is 1.89 bits per heavy atom. The Kier molecular flexibility index (Phi) is 5.28. The Morgan fingerprint density at radius 1 is 1.14 bits per heavy atom. The molecule has 0 aliphatic rings. The van der Waals surface area contributed by atoms with Crippen molar-refractivity contribution < 1.29 is 22.1 Å². The maximum atomic E-state index is 13.0. The first-order valence-electron chi connectivity index (χ1n) is 10.9. The number of rotatable bonds is 5. The molecule has 0 spiro atoms. The second-order valence-corrected chi connectivity index (χ2v) is 10.4. The van der Waals surface area contributed by atoms with Crippen LogP contribution in [0.5, 0.6) is 5.75 Å². The Hall–Kier alpha value is -3.92. The van der Waals surface area contributed by atoms with Gasteiger partial charge in [0.25, 0.3) is 0 Å². The molecule has 0 aliphatic carbocycles. The molecule has 3 heterocycles. The maximum Gasteiger partial charge on any atom is 0.420 e. The topological polar surface area (TPSA) is 117 Å². The number of methoxy groups -OCH3 is 1. The van der Waals surface area contributed by atoms with Crippen molar-refractivity contribution in [1.82, 2.24) is 14.7 Å². The van der Waals surface area contributed by atoms with Gasteiger partial charge in [-0.3, -0.25) is 9.55 Å². The van der Waals surface area contributed by atoms with E-state index in [0.29, 0.717) is 44.8 Å². The lowest BCUT2D eigenvalue weighted by molar-refractivity contribution is 0.393. The molecule has 0 aliphatic heterocycles. The molecule has 0 fully saturated rings. The van der Waals surface area contributed by atoms with E-state index in [4.69, 9.17) is 13.7 Å². The molecule has 3 aromatic heterocycles. The van der Waals surface area contributed by atoms with E-state index < -0.39 is 21.6 Å². The number of benzene rings is 2. The van der Waals surface area contributed by atoms with E-state index in [1.807, 2.05) is 19.9 Å². The molecular formula is C25H23N3O6S. The number of pyridine rings is 1. The van der Waals surface area contributed by atoms with E-state index in [1.54, 1.807) is 38.3 Å². The number of ether oxygens (including phenoxy) is 1. The second kappa shape index (κ2) is 8.09. The smallest absolute Gasteiger partial charge is 0.420 e. The van der Waals surface area contributed by atoms with Crippen LogP contribution in [0, 0.1) is 13.8 Å². The summed E-state index contributed by atoms with van der Waals surface area (Å²) in [6.07, 6.45) is 2.64. The van der Waals surface area contributed by atoms with E-state index in [9.17, 15) is 13.2 Å². The predicted molar refractivity (Wildman–Crippen MR) is 131 cm³/mol. The molecule has 35 heavy (non-hydrogen) atoms. The molecule has 0 N–H and O–H groups in total. The Morgan fingerprint density at radius 3 is 2.54 bits per heavy atom. The van der Waals surface area contributed by atoms with Gasteiger partial charge in [0.2, 0.25) is 0 Å². The van der Waals surface area contributed by atoms with Crippen LogP contribution in [-0.2, 0) is 9.84 Å². The molecule has 180 valence electrons. The average molecular weight is 494 g/mol. The third-order valence-electron chi connectivity index (χ3n) is 6.22. The van der Waals surface area contributed by atoms with E-state index in [2.05, 4.69) is 10.1 Å². The fourth-order valence-corrected chi connectivity index (χ4v) is 5.62. The van der Waals surface area contributed by atoms with Crippen molar-refractivity contribution in [1.29, 1.82) is 0 Å². The summed E-state index contributed by atoms with van der Waals surface area (Å²) in [6, 6.07) is 9.66. The van der Waals surface area contributed by atoms with E-state index >= 15 is 0 Å². The van der Waals surface area contributed by atoms with Crippen molar-refractivity contribution in [2.75, 3.05) is 13.4 Å². The molecule has 2 aromatic carbocycles. The molecule has 1 atom stereocenters. The number of fused-ring (bicyclic) bond motifs is 3. The van der Waals surface area contributed by atoms with Crippen LogP contribution >= 0.6 is 0 Å². The Balaban J connectivity index is 1.82. The number of hydrogen-bond donors (Lipinski definition) is 0. The van der Waals surface area contributed by atoms with Crippen molar-refractivity contribution in [3.05, 3.63) is 70.2 Å². The van der Waals surface area contributed by atoms with Crippen molar-refractivity contribution in [2.45, 2.75) is 31.7 Å². The monoisotopic (exact) mass is 493 g/mol. The minimum absolute atomic E-state index is 0.158. The maximum absolute atomic E-state index is 13.0. The van der Waals surface area contributed by atoms with Gasteiger partial charge in [0.05, 0.1) is 41.0 Å². The lowest BCUT2D eigenvalue weighted by Crippen LogP contribution is -2.21. The molecule has 9 nitrogen and oxygen atoms in total. The van der Waals surface area contributed by atoms with Gasteiger partial charge in [0.1, 0.15) is 17.0 Å². The lowest BCUT2D eigenvalue weighted by Gasteiger charge is -2.17. The van der Waals surface area contributed by atoms with E-state index in [0.717, 1.165) is 17.4 Å². The molecular weight excluding hydrogens is 470 g/mol. The summed E-state index contributed by atoms with van der Waals surface area (Å²) in [4.78, 5) is 17.7. The quantitative estimate of drug-likeness (QED) is 0.353. The summed E-state index contributed by atoms with van der Waals surface area (Å²) in [5.74, 6) is 0.580. The van der Waals surface area contributed by atoms with Crippen molar-refractivity contribution in [3.63, 3.8) is 0 Å². The van der Waals surface area contributed by atoms with Crippen LogP contribution in [0.25, 0.3) is 33.1 Å². The third-order valence-corrected chi connectivity index (χ3v) is 7.39. The summed E-state index contributed by atoms with van der Waals surface area (Å²) in [5.41, 5.74) is 4.17. The van der Waals surface area contributed by atoms with Gasteiger partial charge in [-0.2, -0.15) is 0 Å². The van der Waals surface area contributed by atoms with Gasteiger partial charge in [-0.05, 0) is 44.5 Å². The number of aryl methyl sites for hydroxylation is 2. The largest absolute Gasteiger partial charge is 0.496 e. The van der Waals surface area contributed by atoms with Gasteiger partial charge in [0, 0.05) is 17.2 Å². The molecule has 0 saturated heterocycles. The number of nitrogens with zero attached hydrogens (tertiary/aromatic N) is 3. The molecule has 10 heteroatoms. The minimum atomic E-state index is -3.52. The molecule has 0 amide bonds. The summed E-state index contributed by atoms with van der Waals surface area (Å²) >= 11 is 0. The highest BCUT2D eigenvalue weighted by atomic mass is 32.2. The van der Waals surface area contributed by atoms with Crippen LogP contribution in [0.2, 0.25) is 0 Å². The zero-order chi connectivity index (χ0) is 25.1. The van der Waals surface area contributed by atoms with E-state index in [-0.39, 0.29) is 4.90 Å². The SMILES string of the molecule is COc1cc2c(cc1-c1c(C)noc1C)ncc1oc(=O)n([C@H](C)c3ccccc3S(C)(=O)=O)c12. The van der Waals surface area contributed by atoms with Crippen LogP contribution in [0.15, 0.2) is 61.2 Å². The number of hydrogen-bond acceptors (Lipinski definition) is 8. The van der Waals surface area contributed by atoms with Gasteiger partial charge in [0.15, 0.2) is 15.4 Å². The van der Waals surface area contributed by atoms with Crippen LogP contribution in [-0.4, -0.2) is 36.5 Å². The van der Waals surface area contributed by atoms with Crippen molar-refractivity contribution in [3.8, 4) is 16.9 Å². The van der Waals surface area contributed by atoms with Crippen LogP contribution in [0.4, 0.5) is 0 Å². The standard InChI is InChI=1S/C25H23N3O6S/c1-13-23(15(3)34-27-13)18-10-19-17(11-20(18)32-4)24-21(12-26-19)33-25(29)28(24)14(2)16-8-6-7-9-22(16)35(5,30)31/h6-12,14H,1-5H3/t14-/m1/s1. The zero-order valence-electron chi connectivity index (χ0n) is 19.8. The number of oxazole rings is 1. The van der Waals surface area contributed by atoms with Gasteiger partial charge in [-0.1, -0.05) is 23.4 Å². The van der Waals surface area contributed by atoms with Gasteiger partial charge in [-0.15, -0.1) is 0 Å². The van der Waals surface area contributed by atoms with Crippen LogP contribution < -0.4 is 10.5 Å². The molecule has 0 unspecified atom stereocenters. The molecule has 5 aromatic rings. The first-order valence-corrected chi connectivity index (χ1v) is 12.7. The minimum Gasteiger partial charge on any atom is -0.496 e. The molecule has 0 bridgehead atoms. The Labute approximate surface area is 200 Å². The Bertz CT molecular complexity index is 1760. The highest BCUT2D eigenvalue weighted by Crippen LogP contribution is 2.39. The lowest BCUT2D eigenvalue weighted by atomic mass is 10.00. The predicted octanol–water partition coefficient (Wildman–Crippen LogP) is 4.44. The van der Waals surface area contributed by atoms with Gasteiger partial charge < -0.3 is 13.7 Å². The number of sulfone groups is 1. The first-order chi connectivity index (χ1) is 16.6. The van der Waals surface area contributed by atoms with Gasteiger partial charge in [-0.25, -0.2) is 13.2 Å². The zero-order valence-corrected chi connectivity index (χ0v) is 20.6. The summed E-state index contributed by atoms with van der Waals surface area (Å²) in [5, 5.41) is 4.67. The molecule has 0 saturated carbocycles.